The Labute approximate surface area is 119 Å². The highest BCUT2D eigenvalue weighted by Gasteiger charge is 2.15. The summed E-state index contributed by atoms with van der Waals surface area (Å²) in [5.41, 5.74) is 0.751. The zero-order chi connectivity index (χ0) is 12.1. The normalized spacial score (nSPS) is 15.8. The Hall–Kier alpha value is -0.710. The second-order valence-electron chi connectivity index (χ2n) is 4.23. The van der Waals surface area contributed by atoms with E-state index >= 15 is 0 Å². The summed E-state index contributed by atoms with van der Waals surface area (Å²) >= 11 is 1.68. The number of carbonyl (C=O) groups excluding carboxylic acids is 1. The third-order valence-corrected chi connectivity index (χ3v) is 3.77. The highest BCUT2D eigenvalue weighted by Crippen LogP contribution is 2.15. The van der Waals surface area contributed by atoms with Crippen LogP contribution in [-0.2, 0) is 0 Å². The Morgan fingerprint density at radius 1 is 1.28 bits per heavy atom. The molecule has 1 aromatic rings. The molecule has 0 bridgehead atoms. The first-order chi connectivity index (χ1) is 8.29. The van der Waals surface area contributed by atoms with Crippen molar-refractivity contribution in [1.82, 2.24) is 10.6 Å². The van der Waals surface area contributed by atoms with Crippen molar-refractivity contribution in [3.8, 4) is 0 Å². The SMILES string of the molecule is CSc1ccc(C(=O)NC2CCNCC2)cc1.Cl. The van der Waals surface area contributed by atoms with Crippen LogP contribution in [0.3, 0.4) is 0 Å². The van der Waals surface area contributed by atoms with Gasteiger partial charge in [0.2, 0.25) is 0 Å². The van der Waals surface area contributed by atoms with E-state index in [2.05, 4.69) is 10.6 Å². The molecule has 0 saturated carbocycles. The van der Waals surface area contributed by atoms with Crippen LogP contribution in [0.4, 0.5) is 0 Å². The van der Waals surface area contributed by atoms with Crippen LogP contribution >= 0.6 is 24.2 Å². The number of rotatable bonds is 3. The van der Waals surface area contributed by atoms with Gasteiger partial charge in [0.1, 0.15) is 0 Å². The number of benzene rings is 1. The van der Waals surface area contributed by atoms with E-state index in [0.717, 1.165) is 31.5 Å². The minimum absolute atomic E-state index is 0. The zero-order valence-corrected chi connectivity index (χ0v) is 12.1. The van der Waals surface area contributed by atoms with Gasteiger partial charge in [0.15, 0.2) is 0 Å². The Kier molecular flexibility index (Phi) is 6.54. The quantitative estimate of drug-likeness (QED) is 0.838. The maximum absolute atomic E-state index is 12.0. The molecule has 0 aliphatic carbocycles. The predicted molar refractivity (Wildman–Crippen MR) is 78.8 cm³/mol. The maximum Gasteiger partial charge on any atom is 0.251 e. The summed E-state index contributed by atoms with van der Waals surface area (Å²) in [6.45, 7) is 1.99. The van der Waals surface area contributed by atoms with Crippen molar-refractivity contribution < 1.29 is 4.79 Å². The van der Waals surface area contributed by atoms with Crippen LogP contribution in [-0.4, -0.2) is 31.3 Å². The van der Waals surface area contributed by atoms with Crippen LogP contribution in [0.2, 0.25) is 0 Å². The summed E-state index contributed by atoms with van der Waals surface area (Å²) in [5.74, 6) is 0.0459. The first-order valence-electron chi connectivity index (χ1n) is 5.95. The molecule has 1 saturated heterocycles. The minimum Gasteiger partial charge on any atom is -0.349 e. The molecule has 0 radical (unpaired) electrons. The fourth-order valence-electron chi connectivity index (χ4n) is 1.98. The molecule has 5 heteroatoms. The first kappa shape index (κ1) is 15.3. The van der Waals surface area contributed by atoms with Crippen molar-refractivity contribution in [2.24, 2.45) is 0 Å². The molecule has 1 aliphatic rings. The second kappa shape index (κ2) is 7.67. The average Bonchev–Trinajstić information content (AvgIpc) is 2.40. The summed E-state index contributed by atoms with van der Waals surface area (Å²) in [6, 6.07) is 8.08. The molecule has 2 rings (SSSR count). The number of thioether (sulfide) groups is 1. The molecule has 0 unspecified atom stereocenters. The molecule has 3 nitrogen and oxygen atoms in total. The Morgan fingerprint density at radius 2 is 1.89 bits per heavy atom. The fourth-order valence-corrected chi connectivity index (χ4v) is 2.39. The van der Waals surface area contributed by atoms with Crippen molar-refractivity contribution in [2.75, 3.05) is 19.3 Å². The standard InChI is InChI=1S/C13H18N2OS.ClH/c1-17-12-4-2-10(3-5-12)13(16)15-11-6-8-14-9-7-11;/h2-5,11,14H,6-9H2,1H3,(H,15,16);1H. The van der Waals surface area contributed by atoms with E-state index in [9.17, 15) is 4.79 Å². The van der Waals surface area contributed by atoms with Crippen LogP contribution in [0.1, 0.15) is 23.2 Å². The molecule has 0 spiro atoms. The molecule has 18 heavy (non-hydrogen) atoms. The lowest BCUT2D eigenvalue weighted by Crippen LogP contribution is -2.42. The summed E-state index contributed by atoms with van der Waals surface area (Å²) < 4.78 is 0. The number of amides is 1. The zero-order valence-electron chi connectivity index (χ0n) is 10.4. The minimum atomic E-state index is 0. The van der Waals surface area contributed by atoms with E-state index in [-0.39, 0.29) is 18.3 Å². The molecule has 100 valence electrons. The van der Waals surface area contributed by atoms with Gasteiger partial charge in [-0.2, -0.15) is 0 Å². The smallest absolute Gasteiger partial charge is 0.251 e. The number of piperidine rings is 1. The van der Waals surface area contributed by atoms with Crippen LogP contribution in [0, 0.1) is 0 Å². The monoisotopic (exact) mass is 286 g/mol. The highest BCUT2D eigenvalue weighted by atomic mass is 35.5. The van der Waals surface area contributed by atoms with Crippen molar-refractivity contribution in [3.05, 3.63) is 29.8 Å². The summed E-state index contributed by atoms with van der Waals surface area (Å²) in [7, 11) is 0. The molecular weight excluding hydrogens is 268 g/mol. The van der Waals surface area contributed by atoms with Gasteiger partial charge in [-0.3, -0.25) is 4.79 Å². The largest absolute Gasteiger partial charge is 0.349 e. The Bertz CT molecular complexity index is 377. The van der Waals surface area contributed by atoms with E-state index < -0.39 is 0 Å². The third kappa shape index (κ3) is 4.19. The lowest BCUT2D eigenvalue weighted by atomic mass is 10.1. The fraction of sp³-hybridized carbons (Fsp3) is 0.462. The molecule has 1 aliphatic heterocycles. The van der Waals surface area contributed by atoms with Gasteiger partial charge in [0.05, 0.1) is 0 Å². The van der Waals surface area contributed by atoms with Gasteiger partial charge in [0, 0.05) is 16.5 Å². The molecule has 1 aromatic carbocycles. The van der Waals surface area contributed by atoms with Gasteiger partial charge in [-0.25, -0.2) is 0 Å². The molecule has 0 aromatic heterocycles. The van der Waals surface area contributed by atoms with Gasteiger partial charge < -0.3 is 10.6 Å². The molecule has 0 atom stereocenters. The molecule has 1 heterocycles. The number of hydrogen-bond acceptors (Lipinski definition) is 3. The van der Waals surface area contributed by atoms with Gasteiger partial charge in [-0.1, -0.05) is 0 Å². The van der Waals surface area contributed by atoms with E-state index in [1.54, 1.807) is 11.8 Å². The van der Waals surface area contributed by atoms with Crippen molar-refractivity contribution >= 4 is 30.1 Å². The maximum atomic E-state index is 12.0. The van der Waals surface area contributed by atoms with E-state index in [4.69, 9.17) is 0 Å². The van der Waals surface area contributed by atoms with Crippen molar-refractivity contribution in [2.45, 2.75) is 23.8 Å². The second-order valence-corrected chi connectivity index (χ2v) is 5.11. The number of halogens is 1. The molecule has 1 amide bonds. The Morgan fingerprint density at radius 3 is 2.44 bits per heavy atom. The van der Waals surface area contributed by atoms with Gasteiger partial charge in [-0.05, 0) is 56.5 Å². The Balaban J connectivity index is 0.00000162. The lowest BCUT2D eigenvalue weighted by molar-refractivity contribution is 0.0929. The van der Waals surface area contributed by atoms with Crippen LogP contribution < -0.4 is 10.6 Å². The third-order valence-electron chi connectivity index (χ3n) is 3.03. The van der Waals surface area contributed by atoms with E-state index in [1.165, 1.54) is 4.90 Å². The van der Waals surface area contributed by atoms with Crippen molar-refractivity contribution in [1.29, 1.82) is 0 Å². The summed E-state index contributed by atoms with van der Waals surface area (Å²) in [5, 5.41) is 6.38. The van der Waals surface area contributed by atoms with E-state index in [1.807, 2.05) is 30.5 Å². The van der Waals surface area contributed by atoms with Gasteiger partial charge in [0.25, 0.3) is 5.91 Å². The topological polar surface area (TPSA) is 41.1 Å². The molecular formula is C13H19ClN2OS. The first-order valence-corrected chi connectivity index (χ1v) is 7.17. The van der Waals surface area contributed by atoms with Crippen LogP contribution in [0.5, 0.6) is 0 Å². The van der Waals surface area contributed by atoms with Gasteiger partial charge >= 0.3 is 0 Å². The van der Waals surface area contributed by atoms with Crippen LogP contribution in [0.15, 0.2) is 29.2 Å². The lowest BCUT2D eigenvalue weighted by Gasteiger charge is -2.23. The highest BCUT2D eigenvalue weighted by molar-refractivity contribution is 7.98. The molecule has 2 N–H and O–H groups in total. The van der Waals surface area contributed by atoms with Crippen LogP contribution in [0.25, 0.3) is 0 Å². The summed E-state index contributed by atoms with van der Waals surface area (Å²) in [4.78, 5) is 13.2. The number of hydrogen-bond donors (Lipinski definition) is 2. The predicted octanol–water partition coefficient (Wildman–Crippen LogP) is 2.31. The molecule has 1 fully saturated rings. The van der Waals surface area contributed by atoms with Crippen molar-refractivity contribution in [3.63, 3.8) is 0 Å². The van der Waals surface area contributed by atoms with Gasteiger partial charge in [-0.15, -0.1) is 24.2 Å². The summed E-state index contributed by atoms with van der Waals surface area (Å²) in [6.07, 6.45) is 4.08. The number of nitrogens with one attached hydrogen (secondary N) is 2. The number of carbonyl (C=O) groups is 1. The van der Waals surface area contributed by atoms with E-state index in [0.29, 0.717) is 6.04 Å². The average molecular weight is 287 g/mol.